The van der Waals surface area contributed by atoms with E-state index in [1.165, 1.54) is 31.4 Å². The van der Waals surface area contributed by atoms with Crippen molar-refractivity contribution in [3.8, 4) is 0 Å². The van der Waals surface area contributed by atoms with E-state index in [1.807, 2.05) is 4.72 Å². The van der Waals surface area contributed by atoms with Gasteiger partial charge in [0.1, 0.15) is 0 Å². The number of nitro benzene ring substituents is 1. The Labute approximate surface area is 142 Å². The van der Waals surface area contributed by atoms with Crippen LogP contribution in [0, 0.1) is 10.1 Å². The predicted molar refractivity (Wildman–Crippen MR) is 85.5 cm³/mol. The Morgan fingerprint density at radius 3 is 2.00 bits per heavy atom. The SMILES string of the molecule is COC(=O)c1ccc(C(=O)NS(=O)(=O)c2ccc([N+](=O)[O-])cc2)cc1. The van der Waals surface area contributed by atoms with E-state index in [4.69, 9.17) is 0 Å². The van der Waals surface area contributed by atoms with E-state index in [0.717, 1.165) is 24.3 Å². The van der Waals surface area contributed by atoms with Gasteiger partial charge >= 0.3 is 5.97 Å². The summed E-state index contributed by atoms with van der Waals surface area (Å²) in [6.45, 7) is 0. The highest BCUT2D eigenvalue weighted by atomic mass is 32.2. The van der Waals surface area contributed by atoms with E-state index in [9.17, 15) is 28.1 Å². The van der Waals surface area contributed by atoms with Crippen LogP contribution >= 0.6 is 0 Å². The first-order valence-electron chi connectivity index (χ1n) is 6.74. The Kier molecular flexibility index (Phi) is 5.13. The second-order valence-corrected chi connectivity index (χ2v) is 6.44. The molecule has 9 nitrogen and oxygen atoms in total. The Morgan fingerprint density at radius 2 is 1.52 bits per heavy atom. The zero-order valence-corrected chi connectivity index (χ0v) is 13.6. The molecular formula is C15H12N2O7S. The third-order valence-corrected chi connectivity index (χ3v) is 4.50. The number of non-ortho nitro benzene ring substituents is 1. The first kappa shape index (κ1) is 18.1. The molecule has 0 atom stereocenters. The lowest BCUT2D eigenvalue weighted by molar-refractivity contribution is -0.384. The van der Waals surface area contributed by atoms with Crippen molar-refractivity contribution in [2.24, 2.45) is 0 Å². The van der Waals surface area contributed by atoms with Crippen LogP contribution in [-0.4, -0.2) is 32.3 Å². The van der Waals surface area contributed by atoms with E-state index < -0.39 is 26.8 Å². The summed E-state index contributed by atoms with van der Waals surface area (Å²) in [6, 6.07) is 9.26. The molecule has 2 rings (SSSR count). The van der Waals surface area contributed by atoms with Gasteiger partial charge in [-0.1, -0.05) is 0 Å². The van der Waals surface area contributed by atoms with E-state index in [1.54, 1.807) is 0 Å². The minimum atomic E-state index is -4.20. The summed E-state index contributed by atoms with van der Waals surface area (Å²) in [5, 5.41) is 10.6. The fourth-order valence-corrected chi connectivity index (χ4v) is 2.84. The molecule has 0 unspecified atom stereocenters. The highest BCUT2D eigenvalue weighted by molar-refractivity contribution is 7.90. The number of carbonyl (C=O) groups excluding carboxylic acids is 2. The molecule has 0 fully saturated rings. The molecule has 0 saturated carbocycles. The molecule has 0 saturated heterocycles. The Balaban J connectivity index is 2.18. The molecule has 0 aliphatic heterocycles. The zero-order chi connectivity index (χ0) is 18.6. The van der Waals surface area contributed by atoms with E-state index >= 15 is 0 Å². The van der Waals surface area contributed by atoms with Crippen LogP contribution in [0.2, 0.25) is 0 Å². The number of ether oxygens (including phenoxy) is 1. The van der Waals surface area contributed by atoms with Crippen LogP contribution in [0.1, 0.15) is 20.7 Å². The number of benzene rings is 2. The van der Waals surface area contributed by atoms with E-state index in [2.05, 4.69) is 4.74 Å². The van der Waals surface area contributed by atoms with Gasteiger partial charge in [-0.3, -0.25) is 14.9 Å². The highest BCUT2D eigenvalue weighted by Crippen LogP contribution is 2.16. The lowest BCUT2D eigenvalue weighted by Crippen LogP contribution is -2.30. The van der Waals surface area contributed by atoms with Gasteiger partial charge in [-0.15, -0.1) is 0 Å². The van der Waals surface area contributed by atoms with Gasteiger partial charge in [0.2, 0.25) is 0 Å². The minimum Gasteiger partial charge on any atom is -0.465 e. The Bertz CT molecular complexity index is 919. The summed E-state index contributed by atoms with van der Waals surface area (Å²) in [6.07, 6.45) is 0. The number of hydrogen-bond donors (Lipinski definition) is 1. The van der Waals surface area contributed by atoms with Crippen LogP contribution < -0.4 is 4.72 Å². The van der Waals surface area contributed by atoms with Crippen molar-refractivity contribution in [1.82, 2.24) is 4.72 Å². The summed E-state index contributed by atoms with van der Waals surface area (Å²) in [5.41, 5.74) is -0.0564. The molecular weight excluding hydrogens is 352 g/mol. The standard InChI is InChI=1S/C15H12N2O7S/c1-24-15(19)11-4-2-10(3-5-11)14(18)16-25(22,23)13-8-6-12(7-9-13)17(20)21/h2-9H,1H3,(H,16,18). The molecule has 2 aromatic carbocycles. The van der Waals surface area contributed by atoms with Gasteiger partial charge in [-0.2, -0.15) is 0 Å². The maximum Gasteiger partial charge on any atom is 0.337 e. The summed E-state index contributed by atoms with van der Waals surface area (Å²) in [4.78, 5) is 33.0. The second kappa shape index (κ2) is 7.09. The third kappa shape index (κ3) is 4.18. The summed E-state index contributed by atoms with van der Waals surface area (Å²) in [5.74, 6) is -1.50. The summed E-state index contributed by atoms with van der Waals surface area (Å²) in [7, 11) is -2.99. The number of carbonyl (C=O) groups is 2. The number of nitro groups is 1. The first-order chi connectivity index (χ1) is 11.7. The van der Waals surface area contributed by atoms with Gasteiger partial charge in [-0.05, 0) is 36.4 Å². The maximum atomic E-state index is 12.1. The van der Waals surface area contributed by atoms with Gasteiger partial charge in [-0.25, -0.2) is 17.9 Å². The van der Waals surface area contributed by atoms with Crippen LogP contribution in [-0.2, 0) is 14.8 Å². The van der Waals surface area contributed by atoms with Crippen molar-refractivity contribution in [1.29, 1.82) is 0 Å². The van der Waals surface area contributed by atoms with Gasteiger partial charge in [0.15, 0.2) is 0 Å². The molecule has 130 valence electrons. The van der Waals surface area contributed by atoms with Gasteiger partial charge in [0.25, 0.3) is 21.6 Å². The normalized spacial score (nSPS) is 10.8. The van der Waals surface area contributed by atoms with Crippen LogP contribution in [0.4, 0.5) is 5.69 Å². The van der Waals surface area contributed by atoms with Crippen LogP contribution in [0.15, 0.2) is 53.4 Å². The predicted octanol–water partition coefficient (Wildman–Crippen LogP) is 1.50. The lowest BCUT2D eigenvalue weighted by atomic mass is 10.1. The maximum absolute atomic E-state index is 12.1. The molecule has 25 heavy (non-hydrogen) atoms. The van der Waals surface area contributed by atoms with Crippen molar-refractivity contribution < 1.29 is 27.7 Å². The number of amides is 1. The van der Waals surface area contributed by atoms with Crippen LogP contribution in [0.25, 0.3) is 0 Å². The first-order valence-corrected chi connectivity index (χ1v) is 8.23. The molecule has 0 aliphatic carbocycles. The number of esters is 1. The molecule has 0 spiro atoms. The quantitative estimate of drug-likeness (QED) is 0.483. The Morgan fingerprint density at radius 1 is 1.00 bits per heavy atom. The molecule has 0 aliphatic rings. The Hall–Kier alpha value is -3.27. The average Bonchev–Trinajstić information content (AvgIpc) is 2.60. The topological polar surface area (TPSA) is 133 Å². The zero-order valence-electron chi connectivity index (χ0n) is 12.8. The van der Waals surface area contributed by atoms with Gasteiger partial charge in [0, 0.05) is 17.7 Å². The van der Waals surface area contributed by atoms with E-state index in [0.29, 0.717) is 0 Å². The average molecular weight is 364 g/mol. The third-order valence-electron chi connectivity index (χ3n) is 3.15. The van der Waals surface area contributed by atoms with Crippen LogP contribution in [0.5, 0.6) is 0 Å². The number of nitrogens with zero attached hydrogens (tertiary/aromatic N) is 1. The highest BCUT2D eigenvalue weighted by Gasteiger charge is 2.20. The van der Waals surface area contributed by atoms with Crippen molar-refractivity contribution in [3.63, 3.8) is 0 Å². The number of sulfonamides is 1. The molecule has 1 N–H and O–H groups in total. The van der Waals surface area contributed by atoms with Crippen molar-refractivity contribution in [3.05, 3.63) is 69.8 Å². The second-order valence-electron chi connectivity index (χ2n) is 4.75. The fraction of sp³-hybridized carbons (Fsp3) is 0.0667. The molecule has 0 bridgehead atoms. The monoisotopic (exact) mass is 364 g/mol. The number of nitrogens with one attached hydrogen (secondary N) is 1. The molecule has 10 heteroatoms. The molecule has 2 aromatic rings. The minimum absolute atomic E-state index is 0.0122. The number of rotatable bonds is 5. The van der Waals surface area contributed by atoms with Gasteiger partial charge < -0.3 is 4.74 Å². The fourth-order valence-electron chi connectivity index (χ4n) is 1.86. The largest absolute Gasteiger partial charge is 0.465 e. The smallest absolute Gasteiger partial charge is 0.337 e. The van der Waals surface area contributed by atoms with Crippen molar-refractivity contribution >= 4 is 27.6 Å². The number of methoxy groups -OCH3 is 1. The molecule has 0 aromatic heterocycles. The van der Waals surface area contributed by atoms with Crippen LogP contribution in [0.3, 0.4) is 0 Å². The molecule has 0 radical (unpaired) electrons. The molecule has 1 amide bonds. The lowest BCUT2D eigenvalue weighted by Gasteiger charge is -2.07. The number of hydrogen-bond acceptors (Lipinski definition) is 7. The van der Waals surface area contributed by atoms with E-state index in [-0.39, 0.29) is 21.7 Å². The molecule has 0 heterocycles. The summed E-state index contributed by atoms with van der Waals surface area (Å²) < 4.78 is 30.7. The van der Waals surface area contributed by atoms with Crippen molar-refractivity contribution in [2.75, 3.05) is 7.11 Å². The van der Waals surface area contributed by atoms with Gasteiger partial charge in [0.05, 0.1) is 22.5 Å². The summed E-state index contributed by atoms with van der Waals surface area (Å²) >= 11 is 0. The van der Waals surface area contributed by atoms with Crippen molar-refractivity contribution in [2.45, 2.75) is 4.90 Å².